The molecule has 3 aromatic rings. The Kier molecular flexibility index (Phi) is 6.14. The number of carbonyl (C=O) groups is 1. The number of hydrogen-bond donors (Lipinski definition) is 2. The number of anilines is 1. The van der Waals surface area contributed by atoms with Gasteiger partial charge in [-0.05, 0) is 35.7 Å². The van der Waals surface area contributed by atoms with Gasteiger partial charge in [0.2, 0.25) is 5.91 Å². The van der Waals surface area contributed by atoms with Gasteiger partial charge in [0.25, 0.3) is 0 Å². The third-order valence-electron chi connectivity index (χ3n) is 4.41. The molecule has 0 spiro atoms. The lowest BCUT2D eigenvalue weighted by atomic mass is 10.00. The molecular formula is C21H22N6O. The molecule has 0 aliphatic rings. The van der Waals surface area contributed by atoms with E-state index in [4.69, 9.17) is 5.26 Å². The average molecular weight is 374 g/mol. The van der Waals surface area contributed by atoms with Gasteiger partial charge in [0.1, 0.15) is 5.82 Å². The number of nitrogens with one attached hydrogen (secondary N) is 2. The normalized spacial score (nSPS) is 11.6. The monoisotopic (exact) mass is 374 g/mol. The van der Waals surface area contributed by atoms with E-state index in [9.17, 15) is 4.79 Å². The molecule has 0 fully saturated rings. The van der Waals surface area contributed by atoms with Gasteiger partial charge in [-0.1, -0.05) is 19.1 Å². The number of hydrogen-bond acceptors (Lipinski definition) is 5. The molecule has 0 bridgehead atoms. The number of amides is 1. The van der Waals surface area contributed by atoms with E-state index in [-0.39, 0.29) is 18.4 Å². The third kappa shape index (κ3) is 5.02. The Balaban J connectivity index is 1.45. The summed E-state index contributed by atoms with van der Waals surface area (Å²) in [7, 11) is 1.86. The zero-order valence-corrected chi connectivity index (χ0v) is 15.9. The van der Waals surface area contributed by atoms with Crippen molar-refractivity contribution in [3.05, 3.63) is 66.1 Å². The van der Waals surface area contributed by atoms with Gasteiger partial charge >= 0.3 is 0 Å². The lowest BCUT2D eigenvalue weighted by Gasteiger charge is -2.13. The molecule has 2 aromatic heterocycles. The Morgan fingerprint density at radius 3 is 2.57 bits per heavy atom. The number of aromatic nitrogens is 3. The molecule has 0 saturated heterocycles. The molecule has 0 radical (unpaired) electrons. The van der Waals surface area contributed by atoms with Crippen LogP contribution in [0.25, 0.3) is 11.1 Å². The van der Waals surface area contributed by atoms with E-state index in [0.717, 1.165) is 16.7 Å². The topological polar surface area (TPSA) is 95.6 Å². The summed E-state index contributed by atoms with van der Waals surface area (Å²) in [5.41, 5.74) is 3.69. The van der Waals surface area contributed by atoms with Crippen LogP contribution in [0.5, 0.6) is 0 Å². The zero-order valence-electron chi connectivity index (χ0n) is 15.9. The first-order chi connectivity index (χ1) is 13.5. The van der Waals surface area contributed by atoms with Crippen molar-refractivity contribution in [2.24, 2.45) is 7.05 Å². The summed E-state index contributed by atoms with van der Waals surface area (Å²) in [5, 5.41) is 18.9. The summed E-state index contributed by atoms with van der Waals surface area (Å²) < 4.78 is 1.73. The average Bonchev–Trinajstić information content (AvgIpc) is 3.15. The maximum Gasteiger partial charge on any atom is 0.239 e. The van der Waals surface area contributed by atoms with Crippen molar-refractivity contribution in [2.45, 2.75) is 12.8 Å². The van der Waals surface area contributed by atoms with Gasteiger partial charge in [0.05, 0.1) is 24.4 Å². The van der Waals surface area contributed by atoms with E-state index in [1.807, 2.05) is 31.4 Å². The number of aryl methyl sites for hydroxylation is 1. The lowest BCUT2D eigenvalue weighted by molar-refractivity contribution is -0.115. The van der Waals surface area contributed by atoms with Gasteiger partial charge in [0, 0.05) is 37.1 Å². The number of nitriles is 1. The zero-order chi connectivity index (χ0) is 19.9. The molecule has 2 N–H and O–H groups in total. The first-order valence-corrected chi connectivity index (χ1v) is 9.01. The lowest BCUT2D eigenvalue weighted by Crippen LogP contribution is -2.30. The van der Waals surface area contributed by atoms with E-state index in [0.29, 0.717) is 17.9 Å². The second-order valence-corrected chi connectivity index (χ2v) is 6.65. The van der Waals surface area contributed by atoms with Crippen LogP contribution in [0.4, 0.5) is 5.82 Å². The molecule has 0 saturated carbocycles. The van der Waals surface area contributed by atoms with Crippen LogP contribution in [0.15, 0.2) is 55.0 Å². The van der Waals surface area contributed by atoms with E-state index < -0.39 is 0 Å². The van der Waals surface area contributed by atoms with Crippen LogP contribution < -0.4 is 10.6 Å². The highest BCUT2D eigenvalue weighted by molar-refractivity contribution is 5.91. The summed E-state index contributed by atoms with van der Waals surface area (Å²) in [6.45, 7) is 2.93. The van der Waals surface area contributed by atoms with Crippen LogP contribution in [0.1, 0.15) is 24.0 Å². The van der Waals surface area contributed by atoms with E-state index in [1.54, 1.807) is 35.3 Å². The van der Waals surface area contributed by atoms with Crippen molar-refractivity contribution in [2.75, 3.05) is 18.4 Å². The Labute approximate surface area is 164 Å². The Hall–Kier alpha value is -3.50. The Morgan fingerprint density at radius 1 is 1.18 bits per heavy atom. The number of benzene rings is 1. The first-order valence-electron chi connectivity index (χ1n) is 9.01. The van der Waals surface area contributed by atoms with E-state index in [1.165, 1.54) is 0 Å². The highest BCUT2D eigenvalue weighted by atomic mass is 16.1. The van der Waals surface area contributed by atoms with Crippen LogP contribution in [0.3, 0.4) is 0 Å². The molecule has 142 valence electrons. The maximum atomic E-state index is 12.1. The second kappa shape index (κ2) is 8.93. The molecule has 7 nitrogen and oxygen atoms in total. The van der Waals surface area contributed by atoms with Crippen LogP contribution in [-0.2, 0) is 11.8 Å². The predicted octanol–water partition coefficient (Wildman–Crippen LogP) is 2.69. The number of carbonyl (C=O) groups excluding carboxylic acids is 1. The number of rotatable bonds is 7. The van der Waals surface area contributed by atoms with Gasteiger partial charge in [-0.15, -0.1) is 0 Å². The van der Waals surface area contributed by atoms with Crippen molar-refractivity contribution >= 4 is 11.7 Å². The van der Waals surface area contributed by atoms with Crippen LogP contribution in [0, 0.1) is 11.3 Å². The van der Waals surface area contributed by atoms with Gasteiger partial charge in [-0.3, -0.25) is 9.48 Å². The minimum absolute atomic E-state index is 0.145. The maximum absolute atomic E-state index is 12.1. The molecular weight excluding hydrogens is 352 g/mol. The molecule has 0 aliphatic carbocycles. The smallest absolute Gasteiger partial charge is 0.239 e. The third-order valence-corrected chi connectivity index (χ3v) is 4.41. The van der Waals surface area contributed by atoms with Crippen LogP contribution in [0.2, 0.25) is 0 Å². The largest absolute Gasteiger partial charge is 0.310 e. The Morgan fingerprint density at radius 2 is 1.96 bits per heavy atom. The van der Waals surface area contributed by atoms with Gasteiger partial charge in [-0.25, -0.2) is 4.98 Å². The molecule has 7 heteroatoms. The summed E-state index contributed by atoms with van der Waals surface area (Å²) in [6.07, 6.45) is 5.40. The first kappa shape index (κ1) is 19.3. The molecule has 1 atom stereocenters. The Bertz CT molecular complexity index is 969. The SMILES string of the molecule is CC(CNCC(=O)Nc1ccc(-c2cnn(C)c2)cn1)c1ccc(C#N)cc1. The predicted molar refractivity (Wildman–Crippen MR) is 108 cm³/mol. The van der Waals surface area contributed by atoms with Gasteiger partial charge < -0.3 is 10.6 Å². The van der Waals surface area contributed by atoms with Crippen molar-refractivity contribution in [1.82, 2.24) is 20.1 Å². The van der Waals surface area contributed by atoms with Crippen LogP contribution in [-0.4, -0.2) is 33.8 Å². The summed E-state index contributed by atoms with van der Waals surface area (Å²) in [6, 6.07) is 13.3. The van der Waals surface area contributed by atoms with Gasteiger partial charge in [0.15, 0.2) is 0 Å². The highest BCUT2D eigenvalue weighted by Gasteiger charge is 2.08. The molecule has 28 heavy (non-hydrogen) atoms. The van der Waals surface area contributed by atoms with Crippen molar-refractivity contribution < 1.29 is 4.79 Å². The molecule has 1 aromatic carbocycles. The number of nitrogens with zero attached hydrogens (tertiary/aromatic N) is 4. The highest BCUT2D eigenvalue weighted by Crippen LogP contribution is 2.18. The van der Waals surface area contributed by atoms with Crippen molar-refractivity contribution in [3.8, 4) is 17.2 Å². The van der Waals surface area contributed by atoms with Gasteiger partial charge in [-0.2, -0.15) is 10.4 Å². The van der Waals surface area contributed by atoms with Crippen molar-refractivity contribution in [1.29, 1.82) is 5.26 Å². The fourth-order valence-electron chi connectivity index (χ4n) is 2.80. The minimum Gasteiger partial charge on any atom is -0.310 e. The molecule has 1 amide bonds. The van der Waals surface area contributed by atoms with E-state index >= 15 is 0 Å². The minimum atomic E-state index is -0.145. The molecule has 1 unspecified atom stereocenters. The fraction of sp³-hybridized carbons (Fsp3) is 0.238. The summed E-state index contributed by atoms with van der Waals surface area (Å²) >= 11 is 0. The fourth-order valence-corrected chi connectivity index (χ4v) is 2.80. The van der Waals surface area contributed by atoms with Crippen LogP contribution >= 0.6 is 0 Å². The van der Waals surface area contributed by atoms with E-state index in [2.05, 4.69) is 33.7 Å². The molecule has 3 rings (SSSR count). The summed E-state index contributed by atoms with van der Waals surface area (Å²) in [5.74, 6) is 0.602. The second-order valence-electron chi connectivity index (χ2n) is 6.65. The number of pyridine rings is 1. The van der Waals surface area contributed by atoms with Crippen molar-refractivity contribution in [3.63, 3.8) is 0 Å². The molecule has 2 heterocycles. The standard InChI is InChI=1S/C21H22N6O/c1-15(17-5-3-16(9-22)4-6-17)10-23-13-21(28)26-20-8-7-18(11-24-20)19-12-25-27(2)14-19/h3-8,11-12,14-15,23H,10,13H2,1-2H3,(H,24,26,28). The molecule has 0 aliphatic heterocycles. The summed E-state index contributed by atoms with van der Waals surface area (Å²) in [4.78, 5) is 16.4. The quantitative estimate of drug-likeness (QED) is 0.663.